The van der Waals surface area contributed by atoms with Crippen molar-refractivity contribution in [2.24, 2.45) is 11.8 Å². The molecule has 1 atom stereocenters. The highest BCUT2D eigenvalue weighted by molar-refractivity contribution is 9.10. The number of nitrogens with zero attached hydrogens (tertiary/aromatic N) is 1. The number of halogens is 1. The number of rotatable bonds is 8. The maximum atomic E-state index is 10.3. The Morgan fingerprint density at radius 3 is 2.20 bits per heavy atom. The molecule has 2 nitrogen and oxygen atoms in total. The van der Waals surface area contributed by atoms with Crippen molar-refractivity contribution in [1.82, 2.24) is 4.90 Å². The molecule has 0 radical (unpaired) electrons. The first-order chi connectivity index (χ1) is 9.38. The molecule has 20 heavy (non-hydrogen) atoms. The van der Waals surface area contributed by atoms with Gasteiger partial charge in [0.25, 0.3) is 0 Å². The zero-order chi connectivity index (χ0) is 15.1. The standard InChI is InChI=1S/C17H28BrNO/c1-13(2)11-19(12-14(3)4)9-8-17(20)15-6-5-7-16(18)10-15/h5-7,10,13-14,17,20H,8-9,11-12H2,1-4H3. The molecule has 1 aromatic carbocycles. The van der Waals surface area contributed by atoms with Gasteiger partial charge >= 0.3 is 0 Å². The van der Waals surface area contributed by atoms with Gasteiger partial charge in [-0.15, -0.1) is 0 Å². The number of hydrogen-bond donors (Lipinski definition) is 1. The Balaban J connectivity index is 2.53. The average Bonchev–Trinajstić information content (AvgIpc) is 2.34. The highest BCUT2D eigenvalue weighted by Gasteiger charge is 2.13. The molecule has 0 fully saturated rings. The van der Waals surface area contributed by atoms with Crippen LogP contribution in [0.1, 0.15) is 45.8 Å². The second kappa shape index (κ2) is 8.81. The van der Waals surface area contributed by atoms with Gasteiger partial charge in [-0.05, 0) is 36.0 Å². The summed E-state index contributed by atoms with van der Waals surface area (Å²) in [5.74, 6) is 1.33. The van der Waals surface area contributed by atoms with E-state index in [0.717, 1.165) is 36.1 Å². The third-order valence-corrected chi connectivity index (χ3v) is 3.69. The number of hydrogen-bond acceptors (Lipinski definition) is 2. The zero-order valence-electron chi connectivity index (χ0n) is 13.1. The maximum Gasteiger partial charge on any atom is 0.0802 e. The predicted molar refractivity (Wildman–Crippen MR) is 89.8 cm³/mol. The van der Waals surface area contributed by atoms with Gasteiger partial charge in [-0.1, -0.05) is 55.8 Å². The van der Waals surface area contributed by atoms with E-state index in [9.17, 15) is 5.11 Å². The van der Waals surface area contributed by atoms with Gasteiger partial charge in [0, 0.05) is 24.1 Å². The molecule has 0 amide bonds. The molecule has 1 aromatic rings. The lowest BCUT2D eigenvalue weighted by molar-refractivity contribution is 0.131. The van der Waals surface area contributed by atoms with E-state index in [4.69, 9.17) is 0 Å². The van der Waals surface area contributed by atoms with Crippen molar-refractivity contribution in [3.63, 3.8) is 0 Å². The molecular weight excluding hydrogens is 314 g/mol. The minimum absolute atomic E-state index is 0.380. The van der Waals surface area contributed by atoms with Crippen LogP contribution >= 0.6 is 15.9 Å². The Morgan fingerprint density at radius 1 is 1.10 bits per heavy atom. The van der Waals surface area contributed by atoms with Crippen LogP contribution in [0.15, 0.2) is 28.7 Å². The smallest absolute Gasteiger partial charge is 0.0802 e. The van der Waals surface area contributed by atoms with Gasteiger partial charge in [0.15, 0.2) is 0 Å². The topological polar surface area (TPSA) is 23.5 Å². The van der Waals surface area contributed by atoms with Gasteiger partial charge in [0.1, 0.15) is 0 Å². The van der Waals surface area contributed by atoms with Crippen molar-refractivity contribution in [3.8, 4) is 0 Å². The first kappa shape index (κ1) is 17.7. The Hall–Kier alpha value is -0.380. The predicted octanol–water partition coefficient (Wildman–Crippen LogP) is 4.49. The second-order valence-electron chi connectivity index (χ2n) is 6.41. The lowest BCUT2D eigenvalue weighted by atomic mass is 10.1. The van der Waals surface area contributed by atoms with E-state index in [1.165, 1.54) is 0 Å². The van der Waals surface area contributed by atoms with E-state index in [2.05, 4.69) is 48.5 Å². The summed E-state index contributed by atoms with van der Waals surface area (Å²) in [4.78, 5) is 2.47. The van der Waals surface area contributed by atoms with E-state index in [1.54, 1.807) is 0 Å². The van der Waals surface area contributed by atoms with Gasteiger partial charge in [-0.2, -0.15) is 0 Å². The molecule has 0 aromatic heterocycles. The summed E-state index contributed by atoms with van der Waals surface area (Å²) in [7, 11) is 0. The third kappa shape index (κ3) is 6.87. The van der Waals surface area contributed by atoms with Gasteiger partial charge in [0.2, 0.25) is 0 Å². The van der Waals surface area contributed by atoms with Crippen molar-refractivity contribution < 1.29 is 5.11 Å². The highest BCUT2D eigenvalue weighted by atomic mass is 79.9. The molecule has 1 N–H and O–H groups in total. The van der Waals surface area contributed by atoms with Crippen molar-refractivity contribution in [3.05, 3.63) is 34.3 Å². The van der Waals surface area contributed by atoms with Gasteiger partial charge < -0.3 is 10.0 Å². The number of aliphatic hydroxyl groups is 1. The summed E-state index contributed by atoms with van der Waals surface area (Å²) >= 11 is 3.45. The van der Waals surface area contributed by atoms with Gasteiger partial charge in [-0.25, -0.2) is 0 Å². The fourth-order valence-corrected chi connectivity index (χ4v) is 2.89. The van der Waals surface area contributed by atoms with Crippen LogP contribution in [-0.4, -0.2) is 29.6 Å². The van der Waals surface area contributed by atoms with Gasteiger partial charge in [0.05, 0.1) is 6.10 Å². The minimum Gasteiger partial charge on any atom is -0.388 e. The summed E-state index contributed by atoms with van der Waals surface area (Å²) in [6.07, 6.45) is 0.407. The maximum absolute atomic E-state index is 10.3. The first-order valence-electron chi connectivity index (χ1n) is 7.54. The molecule has 0 saturated carbocycles. The molecule has 114 valence electrons. The van der Waals surface area contributed by atoms with Crippen LogP contribution in [0.5, 0.6) is 0 Å². The molecule has 0 aliphatic carbocycles. The second-order valence-corrected chi connectivity index (χ2v) is 7.32. The Morgan fingerprint density at radius 2 is 1.70 bits per heavy atom. The van der Waals surface area contributed by atoms with Crippen molar-refractivity contribution >= 4 is 15.9 Å². The highest BCUT2D eigenvalue weighted by Crippen LogP contribution is 2.21. The zero-order valence-corrected chi connectivity index (χ0v) is 14.7. The molecule has 0 aliphatic rings. The fourth-order valence-electron chi connectivity index (χ4n) is 2.48. The van der Waals surface area contributed by atoms with Gasteiger partial charge in [-0.3, -0.25) is 0 Å². The van der Waals surface area contributed by atoms with Crippen LogP contribution in [0.25, 0.3) is 0 Å². The van der Waals surface area contributed by atoms with Crippen molar-refractivity contribution in [2.75, 3.05) is 19.6 Å². The van der Waals surface area contributed by atoms with E-state index in [1.807, 2.05) is 24.3 Å². The molecule has 0 heterocycles. The van der Waals surface area contributed by atoms with Crippen LogP contribution in [0, 0.1) is 11.8 Å². The van der Waals surface area contributed by atoms with Crippen LogP contribution in [0.3, 0.4) is 0 Å². The minimum atomic E-state index is -0.380. The quantitative estimate of drug-likeness (QED) is 0.753. The summed E-state index contributed by atoms with van der Waals surface area (Å²) < 4.78 is 1.02. The molecule has 3 heteroatoms. The molecule has 0 spiro atoms. The fraction of sp³-hybridized carbons (Fsp3) is 0.647. The van der Waals surface area contributed by atoms with Crippen LogP contribution < -0.4 is 0 Å². The number of benzene rings is 1. The van der Waals surface area contributed by atoms with E-state index in [-0.39, 0.29) is 6.10 Å². The van der Waals surface area contributed by atoms with Crippen LogP contribution in [0.2, 0.25) is 0 Å². The van der Waals surface area contributed by atoms with Crippen molar-refractivity contribution in [2.45, 2.75) is 40.2 Å². The lowest BCUT2D eigenvalue weighted by Crippen LogP contribution is -2.33. The van der Waals surface area contributed by atoms with E-state index in [0.29, 0.717) is 11.8 Å². The molecule has 0 aliphatic heterocycles. The Labute approximate surface area is 132 Å². The molecule has 1 rings (SSSR count). The van der Waals surface area contributed by atoms with Crippen molar-refractivity contribution in [1.29, 1.82) is 0 Å². The largest absolute Gasteiger partial charge is 0.388 e. The molecule has 0 saturated heterocycles. The normalized spacial score (nSPS) is 13.4. The summed E-state index contributed by atoms with van der Waals surface area (Å²) in [6.45, 7) is 12.1. The Bertz CT molecular complexity index is 382. The number of aliphatic hydroxyl groups excluding tert-OH is 1. The summed E-state index contributed by atoms with van der Waals surface area (Å²) in [6, 6.07) is 7.95. The SMILES string of the molecule is CC(C)CN(CCC(O)c1cccc(Br)c1)CC(C)C. The molecule has 0 bridgehead atoms. The molecule has 1 unspecified atom stereocenters. The van der Waals surface area contributed by atoms with Crippen LogP contribution in [-0.2, 0) is 0 Å². The molecular formula is C17H28BrNO. The van der Waals surface area contributed by atoms with E-state index < -0.39 is 0 Å². The summed E-state index contributed by atoms with van der Waals surface area (Å²) in [5.41, 5.74) is 0.994. The lowest BCUT2D eigenvalue weighted by Gasteiger charge is -2.27. The van der Waals surface area contributed by atoms with E-state index >= 15 is 0 Å². The third-order valence-electron chi connectivity index (χ3n) is 3.20. The monoisotopic (exact) mass is 341 g/mol. The van der Waals surface area contributed by atoms with Crippen LogP contribution in [0.4, 0.5) is 0 Å². The average molecular weight is 342 g/mol. The first-order valence-corrected chi connectivity index (χ1v) is 8.33. The Kier molecular flexibility index (Phi) is 7.78. The summed E-state index contributed by atoms with van der Waals surface area (Å²) in [5, 5.41) is 10.3.